The lowest BCUT2D eigenvalue weighted by Crippen LogP contribution is -2.33. The number of hydrogen-bond donors (Lipinski definition) is 2. The Hall–Kier alpha value is -2.40. The molecule has 2 aromatic carbocycles. The molecular weight excluding hydrogens is 306 g/mol. The number of amides is 1. The van der Waals surface area contributed by atoms with Crippen LogP contribution in [-0.4, -0.2) is 24.0 Å². The number of nitrogens with two attached hydrogens (primary N) is 1. The van der Waals surface area contributed by atoms with E-state index in [1.807, 2.05) is 55.1 Å². The fourth-order valence-corrected chi connectivity index (χ4v) is 2.46. The maximum atomic E-state index is 12.3. The molecule has 0 fully saturated rings. The van der Waals surface area contributed by atoms with Gasteiger partial charge in [-0.05, 0) is 43.7 Å². The third-order valence-corrected chi connectivity index (χ3v) is 3.75. The molecule has 2 aromatic rings. The van der Waals surface area contributed by atoms with E-state index >= 15 is 0 Å². The zero-order valence-corrected chi connectivity index (χ0v) is 14.2. The first kappa shape index (κ1) is 17.0. The van der Waals surface area contributed by atoms with Gasteiger partial charge in [0.15, 0.2) is 0 Å². The van der Waals surface area contributed by atoms with Crippen LogP contribution in [0.25, 0.3) is 0 Å². The minimum Gasteiger partial charge on any atom is -0.389 e. The maximum Gasteiger partial charge on any atom is 0.243 e. The van der Waals surface area contributed by atoms with Crippen molar-refractivity contribution in [2.75, 3.05) is 23.3 Å². The van der Waals surface area contributed by atoms with E-state index in [2.05, 4.69) is 11.4 Å². The van der Waals surface area contributed by atoms with Crippen LogP contribution in [0.4, 0.5) is 11.4 Å². The van der Waals surface area contributed by atoms with Crippen molar-refractivity contribution in [2.45, 2.75) is 13.8 Å². The van der Waals surface area contributed by atoms with Crippen molar-refractivity contribution in [3.8, 4) is 0 Å². The summed E-state index contributed by atoms with van der Waals surface area (Å²) in [4.78, 5) is 14.6. The van der Waals surface area contributed by atoms with Gasteiger partial charge in [-0.1, -0.05) is 36.5 Å². The van der Waals surface area contributed by atoms with E-state index in [0.29, 0.717) is 10.7 Å². The summed E-state index contributed by atoms with van der Waals surface area (Å²) >= 11 is 4.96. The SMILES string of the molecule is CCN(CC(=O)Nc1cccc(C(N)=S)c1)c1cccc(C)c1. The average molecular weight is 327 g/mol. The van der Waals surface area contributed by atoms with Crippen molar-refractivity contribution in [1.82, 2.24) is 0 Å². The number of likely N-dealkylation sites (N-methyl/N-ethyl adjacent to an activating group) is 1. The fourth-order valence-electron chi connectivity index (χ4n) is 2.33. The van der Waals surface area contributed by atoms with E-state index < -0.39 is 0 Å². The molecule has 3 N–H and O–H groups in total. The number of anilines is 2. The Morgan fingerprint density at radius 2 is 1.96 bits per heavy atom. The van der Waals surface area contributed by atoms with Crippen molar-refractivity contribution in [3.05, 3.63) is 59.7 Å². The Morgan fingerprint density at radius 1 is 1.22 bits per heavy atom. The highest BCUT2D eigenvalue weighted by Gasteiger charge is 2.11. The van der Waals surface area contributed by atoms with Gasteiger partial charge in [0.05, 0.1) is 6.54 Å². The van der Waals surface area contributed by atoms with E-state index in [1.165, 1.54) is 5.56 Å². The van der Waals surface area contributed by atoms with Crippen LogP contribution in [0.3, 0.4) is 0 Å². The van der Waals surface area contributed by atoms with Gasteiger partial charge in [-0.15, -0.1) is 0 Å². The van der Waals surface area contributed by atoms with Crippen LogP contribution in [0.15, 0.2) is 48.5 Å². The molecule has 1 amide bonds. The molecule has 0 bridgehead atoms. The lowest BCUT2D eigenvalue weighted by molar-refractivity contribution is -0.115. The highest BCUT2D eigenvalue weighted by molar-refractivity contribution is 7.80. The second-order valence-electron chi connectivity index (χ2n) is 5.35. The Kier molecular flexibility index (Phi) is 5.71. The summed E-state index contributed by atoms with van der Waals surface area (Å²) in [5.74, 6) is -0.0755. The van der Waals surface area contributed by atoms with Gasteiger partial charge in [-0.3, -0.25) is 4.79 Å². The van der Waals surface area contributed by atoms with Gasteiger partial charge in [-0.2, -0.15) is 0 Å². The molecule has 4 nitrogen and oxygen atoms in total. The number of nitrogens with one attached hydrogen (secondary N) is 1. The Bertz CT molecular complexity index is 715. The standard InChI is InChI=1S/C18H21N3OS/c1-3-21(16-9-4-6-13(2)10-16)12-17(22)20-15-8-5-7-14(11-15)18(19)23/h4-11H,3,12H2,1-2H3,(H2,19,23)(H,20,22). The van der Waals surface area contributed by atoms with Crippen LogP contribution in [0.2, 0.25) is 0 Å². The predicted octanol–water partition coefficient (Wildman–Crippen LogP) is 3.09. The van der Waals surface area contributed by atoms with Crippen molar-refractivity contribution in [1.29, 1.82) is 0 Å². The van der Waals surface area contributed by atoms with Crippen LogP contribution in [0.5, 0.6) is 0 Å². The first-order valence-electron chi connectivity index (χ1n) is 7.51. The second-order valence-corrected chi connectivity index (χ2v) is 5.79. The highest BCUT2D eigenvalue weighted by atomic mass is 32.1. The molecule has 0 saturated heterocycles. The molecule has 0 heterocycles. The van der Waals surface area contributed by atoms with Crippen molar-refractivity contribution in [3.63, 3.8) is 0 Å². The molecule has 23 heavy (non-hydrogen) atoms. The van der Waals surface area contributed by atoms with Gasteiger partial charge in [-0.25, -0.2) is 0 Å². The smallest absolute Gasteiger partial charge is 0.243 e. The largest absolute Gasteiger partial charge is 0.389 e. The molecule has 0 aromatic heterocycles. The van der Waals surface area contributed by atoms with Crippen molar-refractivity contribution >= 4 is 34.5 Å². The first-order chi connectivity index (χ1) is 11.0. The quantitative estimate of drug-likeness (QED) is 0.801. The number of carbonyl (C=O) groups is 1. The maximum absolute atomic E-state index is 12.3. The van der Waals surface area contributed by atoms with Crippen molar-refractivity contribution in [2.24, 2.45) is 5.73 Å². The predicted molar refractivity (Wildman–Crippen MR) is 100 cm³/mol. The summed E-state index contributed by atoms with van der Waals surface area (Å²) in [6, 6.07) is 15.4. The van der Waals surface area contributed by atoms with E-state index in [1.54, 1.807) is 6.07 Å². The van der Waals surface area contributed by atoms with Gasteiger partial charge in [0.2, 0.25) is 5.91 Å². The molecule has 120 valence electrons. The van der Waals surface area contributed by atoms with Gasteiger partial charge >= 0.3 is 0 Å². The zero-order chi connectivity index (χ0) is 16.8. The summed E-state index contributed by atoms with van der Waals surface area (Å²) in [6.45, 7) is 5.11. The van der Waals surface area contributed by atoms with Gasteiger partial charge in [0.25, 0.3) is 0 Å². The molecule has 0 aliphatic heterocycles. The molecule has 5 heteroatoms. The number of benzene rings is 2. The Labute approximate surface area is 142 Å². The molecule has 0 unspecified atom stereocenters. The number of hydrogen-bond acceptors (Lipinski definition) is 3. The van der Waals surface area contributed by atoms with E-state index in [4.69, 9.17) is 18.0 Å². The molecule has 0 aliphatic carbocycles. The van der Waals surface area contributed by atoms with Gasteiger partial charge < -0.3 is 16.0 Å². The average Bonchev–Trinajstić information content (AvgIpc) is 2.52. The van der Waals surface area contributed by atoms with Gasteiger partial charge in [0.1, 0.15) is 4.99 Å². The van der Waals surface area contributed by atoms with Crippen LogP contribution in [0, 0.1) is 6.92 Å². The monoisotopic (exact) mass is 327 g/mol. The zero-order valence-electron chi connectivity index (χ0n) is 13.4. The molecular formula is C18H21N3OS. The summed E-state index contributed by atoms with van der Waals surface area (Å²) < 4.78 is 0. The van der Waals surface area contributed by atoms with Crippen LogP contribution >= 0.6 is 12.2 Å². The lowest BCUT2D eigenvalue weighted by atomic mass is 10.2. The third kappa shape index (κ3) is 4.79. The summed E-state index contributed by atoms with van der Waals surface area (Å²) in [5.41, 5.74) is 9.26. The minimum absolute atomic E-state index is 0.0755. The van der Waals surface area contributed by atoms with Crippen LogP contribution < -0.4 is 16.0 Å². The van der Waals surface area contributed by atoms with Crippen molar-refractivity contribution < 1.29 is 4.79 Å². The fraction of sp³-hybridized carbons (Fsp3) is 0.222. The number of carbonyl (C=O) groups excluding carboxylic acids is 1. The number of aryl methyl sites for hydroxylation is 1. The Balaban J connectivity index is 2.06. The summed E-state index contributed by atoms with van der Waals surface area (Å²) in [5, 5.41) is 2.89. The van der Waals surface area contributed by atoms with Crippen LogP contribution in [-0.2, 0) is 4.79 Å². The number of nitrogens with zero attached hydrogens (tertiary/aromatic N) is 1. The van der Waals surface area contributed by atoms with Crippen LogP contribution in [0.1, 0.15) is 18.1 Å². The number of rotatable bonds is 6. The van der Waals surface area contributed by atoms with E-state index in [0.717, 1.165) is 17.8 Å². The van der Waals surface area contributed by atoms with E-state index in [9.17, 15) is 4.79 Å². The van der Waals surface area contributed by atoms with Gasteiger partial charge in [0, 0.05) is 23.5 Å². The molecule has 2 rings (SSSR count). The molecule has 0 saturated carbocycles. The Morgan fingerprint density at radius 3 is 2.61 bits per heavy atom. The number of thiocarbonyl (C=S) groups is 1. The topological polar surface area (TPSA) is 58.4 Å². The molecule has 0 radical (unpaired) electrons. The molecule has 0 spiro atoms. The highest BCUT2D eigenvalue weighted by Crippen LogP contribution is 2.16. The van der Waals surface area contributed by atoms with E-state index in [-0.39, 0.29) is 12.5 Å². The molecule has 0 atom stereocenters. The molecule has 0 aliphatic rings. The normalized spacial score (nSPS) is 10.2. The first-order valence-corrected chi connectivity index (χ1v) is 7.91. The second kappa shape index (κ2) is 7.74. The summed E-state index contributed by atoms with van der Waals surface area (Å²) in [6.07, 6.45) is 0. The summed E-state index contributed by atoms with van der Waals surface area (Å²) in [7, 11) is 0. The lowest BCUT2D eigenvalue weighted by Gasteiger charge is -2.23. The minimum atomic E-state index is -0.0755. The third-order valence-electron chi connectivity index (χ3n) is 3.51.